The summed E-state index contributed by atoms with van der Waals surface area (Å²) in [5.41, 5.74) is 3.00. The van der Waals surface area contributed by atoms with E-state index in [0.29, 0.717) is 11.3 Å². The Labute approximate surface area is 137 Å². The number of hydrogen-bond donors (Lipinski definition) is 2. The third-order valence-corrected chi connectivity index (χ3v) is 3.76. The van der Waals surface area contributed by atoms with Crippen molar-refractivity contribution in [1.29, 1.82) is 0 Å². The minimum absolute atomic E-state index is 0.0550. The summed E-state index contributed by atoms with van der Waals surface area (Å²) < 4.78 is 0. The molecule has 0 saturated heterocycles. The predicted octanol–water partition coefficient (Wildman–Crippen LogP) is 4.01. The Morgan fingerprint density at radius 3 is 2.17 bits per heavy atom. The van der Waals surface area contributed by atoms with Gasteiger partial charge in [-0.05, 0) is 47.4 Å². The van der Waals surface area contributed by atoms with Crippen LogP contribution in [0.5, 0.6) is 5.75 Å². The van der Waals surface area contributed by atoms with Crippen molar-refractivity contribution in [2.75, 3.05) is 24.3 Å². The third-order valence-electron chi connectivity index (χ3n) is 3.76. The molecule has 122 valence electrons. The number of phenols is 1. The van der Waals surface area contributed by atoms with Crippen LogP contribution in [0, 0.1) is 0 Å². The number of rotatable bonds is 3. The molecule has 0 aliphatic heterocycles. The first-order valence-corrected chi connectivity index (χ1v) is 7.61. The van der Waals surface area contributed by atoms with Gasteiger partial charge >= 0.3 is 0 Å². The van der Waals surface area contributed by atoms with Crippen molar-refractivity contribution >= 4 is 17.3 Å². The Hall–Kier alpha value is -2.49. The minimum atomic E-state index is -0.239. The van der Waals surface area contributed by atoms with E-state index in [0.717, 1.165) is 11.3 Å². The highest BCUT2D eigenvalue weighted by molar-refractivity contribution is 6.05. The molecule has 0 unspecified atom stereocenters. The minimum Gasteiger partial charge on any atom is -0.506 e. The van der Waals surface area contributed by atoms with Gasteiger partial charge < -0.3 is 15.3 Å². The lowest BCUT2D eigenvalue weighted by Gasteiger charge is -2.20. The number of hydrogen-bond acceptors (Lipinski definition) is 3. The summed E-state index contributed by atoms with van der Waals surface area (Å²) in [6.07, 6.45) is 0. The van der Waals surface area contributed by atoms with Crippen LogP contribution in [0.4, 0.5) is 11.4 Å². The molecule has 23 heavy (non-hydrogen) atoms. The Balaban J connectivity index is 2.23. The molecule has 4 nitrogen and oxygen atoms in total. The van der Waals surface area contributed by atoms with Gasteiger partial charge in [-0.25, -0.2) is 0 Å². The fourth-order valence-corrected chi connectivity index (χ4v) is 2.21. The molecule has 0 aliphatic rings. The molecule has 2 N–H and O–H groups in total. The molecule has 2 aromatic rings. The topological polar surface area (TPSA) is 52.6 Å². The molecule has 0 aromatic heterocycles. The Morgan fingerprint density at radius 2 is 1.65 bits per heavy atom. The molecule has 0 fully saturated rings. The predicted molar refractivity (Wildman–Crippen MR) is 95.5 cm³/mol. The molecule has 4 heteroatoms. The average Bonchev–Trinajstić information content (AvgIpc) is 2.48. The Bertz CT molecular complexity index is 698. The maximum absolute atomic E-state index is 12.4. The van der Waals surface area contributed by atoms with Gasteiger partial charge in [-0.15, -0.1) is 0 Å². The summed E-state index contributed by atoms with van der Waals surface area (Å²) in [5, 5.41) is 12.8. The largest absolute Gasteiger partial charge is 0.506 e. The molecule has 0 saturated carbocycles. The zero-order valence-corrected chi connectivity index (χ0v) is 14.3. The van der Waals surface area contributed by atoms with Gasteiger partial charge in [-0.2, -0.15) is 0 Å². The van der Waals surface area contributed by atoms with E-state index in [1.807, 2.05) is 43.3 Å². The Morgan fingerprint density at radius 1 is 1.04 bits per heavy atom. The van der Waals surface area contributed by atoms with Gasteiger partial charge in [0.1, 0.15) is 5.75 Å². The standard InChI is InChI=1S/C19H24N2O2/c1-19(2,3)14-8-11-17(22)16(12-14)20-18(23)13-6-9-15(10-7-13)21(4)5/h6-12,22H,1-5H3,(H,20,23). The number of carbonyl (C=O) groups excluding carboxylic acids is 1. The first-order valence-electron chi connectivity index (χ1n) is 7.61. The van der Waals surface area contributed by atoms with Crippen LogP contribution in [0.1, 0.15) is 36.7 Å². The summed E-state index contributed by atoms with van der Waals surface area (Å²) in [5.74, 6) is -0.173. The van der Waals surface area contributed by atoms with Gasteiger partial charge in [0.25, 0.3) is 5.91 Å². The Kier molecular flexibility index (Phi) is 4.64. The molecule has 0 heterocycles. The number of anilines is 2. The molecule has 0 bridgehead atoms. The summed E-state index contributed by atoms with van der Waals surface area (Å²) in [4.78, 5) is 14.3. The van der Waals surface area contributed by atoms with E-state index in [1.54, 1.807) is 18.2 Å². The lowest BCUT2D eigenvalue weighted by molar-refractivity contribution is 0.102. The van der Waals surface area contributed by atoms with E-state index in [9.17, 15) is 9.90 Å². The number of benzene rings is 2. The molecule has 1 amide bonds. The van der Waals surface area contributed by atoms with E-state index < -0.39 is 0 Å². The molecule has 2 aromatic carbocycles. The van der Waals surface area contributed by atoms with Crippen molar-refractivity contribution in [3.8, 4) is 5.75 Å². The van der Waals surface area contributed by atoms with Crippen LogP contribution < -0.4 is 10.2 Å². The third kappa shape index (κ3) is 4.03. The van der Waals surface area contributed by atoms with E-state index in [2.05, 4.69) is 26.1 Å². The second-order valence-electron chi connectivity index (χ2n) is 6.88. The second-order valence-corrected chi connectivity index (χ2v) is 6.88. The van der Waals surface area contributed by atoms with E-state index in [4.69, 9.17) is 0 Å². The monoisotopic (exact) mass is 312 g/mol. The summed E-state index contributed by atoms with van der Waals surface area (Å²) >= 11 is 0. The fourth-order valence-electron chi connectivity index (χ4n) is 2.21. The first kappa shape index (κ1) is 16.9. The van der Waals surface area contributed by atoms with Crippen LogP contribution in [-0.4, -0.2) is 25.1 Å². The van der Waals surface area contributed by atoms with Crippen molar-refractivity contribution in [2.24, 2.45) is 0 Å². The number of phenolic OH excluding ortho intramolecular Hbond substituents is 1. The molecule has 2 rings (SSSR count). The van der Waals surface area contributed by atoms with Crippen LogP contribution in [0.15, 0.2) is 42.5 Å². The molecule has 0 spiro atoms. The van der Waals surface area contributed by atoms with Gasteiger partial charge in [0, 0.05) is 25.3 Å². The van der Waals surface area contributed by atoms with Crippen molar-refractivity contribution in [3.05, 3.63) is 53.6 Å². The van der Waals surface area contributed by atoms with Gasteiger partial charge in [0.2, 0.25) is 0 Å². The van der Waals surface area contributed by atoms with Crippen molar-refractivity contribution in [1.82, 2.24) is 0 Å². The zero-order valence-electron chi connectivity index (χ0n) is 14.3. The molecule has 0 atom stereocenters. The molecular formula is C19H24N2O2. The van der Waals surface area contributed by atoms with Gasteiger partial charge in [-0.1, -0.05) is 26.8 Å². The van der Waals surface area contributed by atoms with Crippen LogP contribution in [0.25, 0.3) is 0 Å². The van der Waals surface area contributed by atoms with Gasteiger partial charge in [0.05, 0.1) is 5.69 Å². The smallest absolute Gasteiger partial charge is 0.255 e. The van der Waals surface area contributed by atoms with Crippen molar-refractivity contribution in [3.63, 3.8) is 0 Å². The lowest BCUT2D eigenvalue weighted by atomic mass is 9.87. The number of carbonyl (C=O) groups is 1. The van der Waals surface area contributed by atoms with Crippen LogP contribution in [0.3, 0.4) is 0 Å². The zero-order chi connectivity index (χ0) is 17.2. The lowest BCUT2D eigenvalue weighted by Crippen LogP contribution is -2.15. The second kappa shape index (κ2) is 6.32. The SMILES string of the molecule is CN(C)c1ccc(C(=O)Nc2cc(C(C)(C)C)ccc2O)cc1. The number of nitrogens with one attached hydrogen (secondary N) is 1. The summed E-state index contributed by atoms with van der Waals surface area (Å²) in [6, 6.07) is 12.6. The van der Waals surface area contributed by atoms with Crippen molar-refractivity contribution in [2.45, 2.75) is 26.2 Å². The molecule has 0 radical (unpaired) electrons. The van der Waals surface area contributed by atoms with Gasteiger partial charge in [-0.3, -0.25) is 4.79 Å². The fraction of sp³-hybridized carbons (Fsp3) is 0.316. The number of aromatic hydroxyl groups is 1. The van der Waals surface area contributed by atoms with Crippen LogP contribution in [0.2, 0.25) is 0 Å². The number of amides is 1. The molecule has 0 aliphatic carbocycles. The van der Waals surface area contributed by atoms with Gasteiger partial charge in [0.15, 0.2) is 0 Å². The summed E-state index contributed by atoms with van der Waals surface area (Å²) in [6.45, 7) is 6.26. The highest BCUT2D eigenvalue weighted by Crippen LogP contribution is 2.31. The van der Waals surface area contributed by atoms with Crippen molar-refractivity contribution < 1.29 is 9.90 Å². The maximum Gasteiger partial charge on any atom is 0.255 e. The maximum atomic E-state index is 12.4. The number of nitrogens with zero attached hydrogens (tertiary/aromatic N) is 1. The summed E-state index contributed by atoms with van der Waals surface area (Å²) in [7, 11) is 3.90. The average molecular weight is 312 g/mol. The molecular weight excluding hydrogens is 288 g/mol. The van der Waals surface area contributed by atoms with E-state index in [1.165, 1.54) is 0 Å². The van der Waals surface area contributed by atoms with E-state index in [-0.39, 0.29) is 17.1 Å². The van der Waals surface area contributed by atoms with E-state index >= 15 is 0 Å². The van der Waals surface area contributed by atoms with Crippen LogP contribution in [-0.2, 0) is 5.41 Å². The first-order chi connectivity index (χ1) is 10.7. The highest BCUT2D eigenvalue weighted by Gasteiger charge is 2.17. The quantitative estimate of drug-likeness (QED) is 0.842. The van der Waals surface area contributed by atoms with Crippen LogP contribution >= 0.6 is 0 Å². The normalized spacial score (nSPS) is 11.2. The highest BCUT2D eigenvalue weighted by atomic mass is 16.3.